The topological polar surface area (TPSA) is 142 Å². The Kier molecular flexibility index (Phi) is 13.4. The first-order chi connectivity index (χ1) is 20.2. The van der Waals surface area contributed by atoms with Crippen molar-refractivity contribution in [3.63, 3.8) is 0 Å². The Labute approximate surface area is 254 Å². The number of carbonyl (C=O) groups is 3. The number of anilines is 1. The van der Waals surface area contributed by atoms with Gasteiger partial charge in [-0.15, -0.1) is 0 Å². The first kappa shape index (κ1) is 32.7. The van der Waals surface area contributed by atoms with E-state index in [0.29, 0.717) is 13.1 Å². The van der Waals surface area contributed by atoms with Crippen molar-refractivity contribution in [1.82, 2.24) is 20.9 Å². The van der Waals surface area contributed by atoms with E-state index in [1.165, 1.54) is 6.20 Å². The normalized spacial score (nSPS) is 13.1. The van der Waals surface area contributed by atoms with Crippen LogP contribution in [0.15, 0.2) is 83.5 Å². The van der Waals surface area contributed by atoms with Crippen LogP contribution in [0.3, 0.4) is 0 Å². The average Bonchev–Trinajstić information content (AvgIpc) is 2.99. The second-order valence-electron chi connectivity index (χ2n) is 10.1. The summed E-state index contributed by atoms with van der Waals surface area (Å²) in [7, 11) is 0. The van der Waals surface area contributed by atoms with Crippen LogP contribution >= 0.6 is 15.9 Å². The Hall–Kier alpha value is -3.80. The van der Waals surface area contributed by atoms with Gasteiger partial charge in [0, 0.05) is 29.4 Å². The number of aromatic nitrogens is 1. The molecule has 0 aliphatic rings. The second kappa shape index (κ2) is 17.2. The maximum atomic E-state index is 13.3. The van der Waals surface area contributed by atoms with E-state index in [1.807, 2.05) is 54.6 Å². The first-order valence-corrected chi connectivity index (χ1v) is 14.6. The lowest BCUT2D eigenvalue weighted by atomic mass is 10.0. The number of pyridine rings is 1. The van der Waals surface area contributed by atoms with Crippen LogP contribution in [-0.2, 0) is 20.9 Å². The molecule has 10 nitrogen and oxygen atoms in total. The molecule has 0 radical (unpaired) electrons. The number of aliphatic hydroxyl groups excluding tert-OH is 1. The minimum absolute atomic E-state index is 0.0508. The molecule has 3 aromatic rings. The molecule has 0 saturated heterocycles. The number of hydrogen-bond acceptors (Lipinski definition) is 7. The lowest BCUT2D eigenvalue weighted by Crippen LogP contribution is -2.56. The summed E-state index contributed by atoms with van der Waals surface area (Å²) >= 11 is 3.40. The zero-order chi connectivity index (χ0) is 30.3. The highest BCUT2D eigenvalue weighted by atomic mass is 79.9. The zero-order valence-corrected chi connectivity index (χ0v) is 25.3. The van der Waals surface area contributed by atoms with Gasteiger partial charge in [0.15, 0.2) is 0 Å². The van der Waals surface area contributed by atoms with Crippen LogP contribution in [0.25, 0.3) is 0 Å². The molecule has 5 N–H and O–H groups in total. The fourth-order valence-corrected chi connectivity index (χ4v) is 4.29. The Balaban J connectivity index is 1.60. The number of nitrogens with zero attached hydrogens (tertiary/aromatic N) is 1. The van der Waals surface area contributed by atoms with Gasteiger partial charge < -0.3 is 31.1 Å². The van der Waals surface area contributed by atoms with E-state index in [9.17, 15) is 19.5 Å². The largest absolute Gasteiger partial charge is 0.390 e. The van der Waals surface area contributed by atoms with Crippen LogP contribution in [0.5, 0.6) is 0 Å². The lowest BCUT2D eigenvalue weighted by molar-refractivity contribution is -0.129. The Morgan fingerprint density at radius 2 is 1.64 bits per heavy atom. The zero-order valence-electron chi connectivity index (χ0n) is 23.8. The molecule has 1 aromatic heterocycles. The number of ether oxygens (including phenoxy) is 1. The SMILES string of the molecule is CC(C)[C@H](NC(=O)c1ccccn1)C(=O)N[C@@H](COCc1ccc(Br)cc1)[C@@H](O)CC(=O)NCCNc1ccccc1. The van der Waals surface area contributed by atoms with Crippen molar-refractivity contribution in [2.75, 3.05) is 25.0 Å². The third-order valence-electron chi connectivity index (χ3n) is 6.35. The van der Waals surface area contributed by atoms with Gasteiger partial charge in [-0.1, -0.05) is 66.2 Å². The molecule has 11 heteroatoms. The summed E-state index contributed by atoms with van der Waals surface area (Å²) in [4.78, 5) is 42.7. The first-order valence-electron chi connectivity index (χ1n) is 13.8. The molecular formula is C31H38BrN5O5. The number of halogens is 1. The van der Waals surface area contributed by atoms with Crippen LogP contribution in [0.1, 0.15) is 36.3 Å². The van der Waals surface area contributed by atoms with E-state index in [4.69, 9.17) is 4.74 Å². The molecule has 42 heavy (non-hydrogen) atoms. The molecule has 3 rings (SSSR count). The summed E-state index contributed by atoms with van der Waals surface area (Å²) < 4.78 is 6.77. The third-order valence-corrected chi connectivity index (χ3v) is 6.88. The predicted molar refractivity (Wildman–Crippen MR) is 165 cm³/mol. The molecular weight excluding hydrogens is 602 g/mol. The molecule has 0 fully saturated rings. The summed E-state index contributed by atoms with van der Waals surface area (Å²) in [6.45, 7) is 4.66. The molecule has 0 aliphatic carbocycles. The van der Waals surface area contributed by atoms with Gasteiger partial charge in [-0.3, -0.25) is 19.4 Å². The maximum absolute atomic E-state index is 13.3. The number of hydrogen-bond donors (Lipinski definition) is 5. The van der Waals surface area contributed by atoms with Gasteiger partial charge >= 0.3 is 0 Å². The molecule has 2 aromatic carbocycles. The number of amides is 3. The van der Waals surface area contributed by atoms with Gasteiger partial charge in [-0.2, -0.15) is 0 Å². The van der Waals surface area contributed by atoms with Crippen LogP contribution in [0.4, 0.5) is 5.69 Å². The van der Waals surface area contributed by atoms with E-state index in [0.717, 1.165) is 15.7 Å². The molecule has 0 spiro atoms. The van der Waals surface area contributed by atoms with Crippen molar-refractivity contribution in [3.8, 4) is 0 Å². The molecule has 0 saturated carbocycles. The fraction of sp³-hybridized carbons (Fsp3) is 0.355. The minimum atomic E-state index is -1.24. The quantitative estimate of drug-likeness (QED) is 0.151. The summed E-state index contributed by atoms with van der Waals surface area (Å²) in [5.41, 5.74) is 2.03. The second-order valence-corrected chi connectivity index (χ2v) is 11.0. The lowest BCUT2D eigenvalue weighted by Gasteiger charge is -2.28. The number of aliphatic hydroxyl groups is 1. The Morgan fingerprint density at radius 3 is 2.31 bits per heavy atom. The Morgan fingerprint density at radius 1 is 0.929 bits per heavy atom. The monoisotopic (exact) mass is 639 g/mol. The number of carbonyl (C=O) groups excluding carboxylic acids is 3. The molecule has 0 bridgehead atoms. The van der Waals surface area contributed by atoms with Crippen molar-refractivity contribution in [2.45, 2.75) is 45.1 Å². The van der Waals surface area contributed by atoms with Gasteiger partial charge in [-0.25, -0.2) is 0 Å². The van der Waals surface area contributed by atoms with Crippen molar-refractivity contribution in [1.29, 1.82) is 0 Å². The van der Waals surface area contributed by atoms with Crippen LogP contribution in [0.2, 0.25) is 0 Å². The molecule has 0 aliphatic heterocycles. The minimum Gasteiger partial charge on any atom is -0.390 e. The van der Waals surface area contributed by atoms with Gasteiger partial charge in [0.2, 0.25) is 11.8 Å². The van der Waals surface area contributed by atoms with Crippen LogP contribution < -0.4 is 21.3 Å². The highest BCUT2D eigenvalue weighted by Gasteiger charge is 2.30. The number of rotatable bonds is 16. The van der Waals surface area contributed by atoms with E-state index in [2.05, 4.69) is 42.2 Å². The van der Waals surface area contributed by atoms with Gasteiger partial charge in [0.1, 0.15) is 11.7 Å². The van der Waals surface area contributed by atoms with Crippen molar-refractivity contribution >= 4 is 39.3 Å². The molecule has 3 amide bonds. The van der Waals surface area contributed by atoms with E-state index >= 15 is 0 Å². The van der Waals surface area contributed by atoms with E-state index in [1.54, 1.807) is 32.0 Å². The number of para-hydroxylation sites is 1. The average molecular weight is 641 g/mol. The predicted octanol–water partition coefficient (Wildman–Crippen LogP) is 3.28. The Bertz CT molecular complexity index is 1260. The van der Waals surface area contributed by atoms with Crippen molar-refractivity contribution in [2.24, 2.45) is 5.92 Å². The molecule has 1 heterocycles. The highest BCUT2D eigenvalue weighted by molar-refractivity contribution is 9.10. The number of benzene rings is 2. The summed E-state index contributed by atoms with van der Waals surface area (Å²) in [5, 5.41) is 22.5. The van der Waals surface area contributed by atoms with E-state index < -0.39 is 30.0 Å². The summed E-state index contributed by atoms with van der Waals surface area (Å²) in [5.74, 6) is -1.62. The highest BCUT2D eigenvalue weighted by Crippen LogP contribution is 2.12. The van der Waals surface area contributed by atoms with Crippen molar-refractivity contribution in [3.05, 3.63) is 94.7 Å². The van der Waals surface area contributed by atoms with Gasteiger partial charge in [0.05, 0.1) is 31.8 Å². The number of nitrogens with one attached hydrogen (secondary N) is 4. The molecule has 3 atom stereocenters. The molecule has 224 valence electrons. The third kappa shape index (κ3) is 11.2. The van der Waals surface area contributed by atoms with Crippen LogP contribution in [0, 0.1) is 5.92 Å². The summed E-state index contributed by atoms with van der Waals surface area (Å²) in [6.07, 6.45) is 0.0160. The standard InChI is InChI=1S/C31H38BrN5O5/c1-21(2)29(37-30(40)25-10-6-7-15-34-25)31(41)36-26(20-42-19-22-11-13-23(32)14-12-22)27(38)18-28(39)35-17-16-33-24-8-4-3-5-9-24/h3-15,21,26-27,29,33,38H,16-20H2,1-2H3,(H,35,39)(H,36,41)(H,37,40)/t26-,27-,29-/m0/s1. The van der Waals surface area contributed by atoms with Crippen molar-refractivity contribution < 1.29 is 24.2 Å². The van der Waals surface area contributed by atoms with Gasteiger partial charge in [-0.05, 0) is 47.9 Å². The smallest absolute Gasteiger partial charge is 0.270 e. The summed E-state index contributed by atoms with van der Waals surface area (Å²) in [6, 6.07) is 20.3. The van der Waals surface area contributed by atoms with Gasteiger partial charge in [0.25, 0.3) is 5.91 Å². The van der Waals surface area contributed by atoms with E-state index in [-0.39, 0.29) is 37.2 Å². The fourth-order valence-electron chi connectivity index (χ4n) is 4.02. The molecule has 0 unspecified atom stereocenters. The van der Waals surface area contributed by atoms with Crippen LogP contribution in [-0.4, -0.2) is 65.7 Å². The maximum Gasteiger partial charge on any atom is 0.270 e.